The van der Waals surface area contributed by atoms with Gasteiger partial charge in [-0.25, -0.2) is 0 Å². The maximum absolute atomic E-state index is 11.1. The molecule has 1 aromatic rings. The van der Waals surface area contributed by atoms with E-state index in [0.29, 0.717) is 6.42 Å². The van der Waals surface area contributed by atoms with Crippen LogP contribution in [-0.4, -0.2) is 22.7 Å². The molecule has 0 aliphatic carbocycles. The summed E-state index contributed by atoms with van der Waals surface area (Å²) in [6.07, 6.45) is 0.507. The van der Waals surface area contributed by atoms with Crippen LogP contribution in [0, 0.1) is 0 Å². The molecule has 0 aromatic heterocycles. The first kappa shape index (κ1) is 21.0. The second-order valence-electron chi connectivity index (χ2n) is 4.97. The number of nitrogens with one attached hydrogen (secondary N) is 1. The van der Waals surface area contributed by atoms with E-state index in [4.69, 9.17) is 5.11 Å². The number of aliphatic carboxylic acids is 1. The maximum atomic E-state index is 11.1. The molecule has 2 N–H and O–H groups in total. The van der Waals surface area contributed by atoms with Gasteiger partial charge in [0.15, 0.2) is 0 Å². The molecule has 3 heteroatoms. The van der Waals surface area contributed by atoms with E-state index in [1.165, 1.54) is 0 Å². The van der Waals surface area contributed by atoms with Crippen LogP contribution in [0.1, 0.15) is 54.0 Å². The number of benzene rings is 1. The Hall–Kier alpha value is -1.35. The van der Waals surface area contributed by atoms with Gasteiger partial charge in [-0.05, 0) is 32.8 Å². The Bertz CT molecular complexity index is 342. The average Bonchev–Trinajstić information content (AvgIpc) is 2.42. The number of carbonyl (C=O) groups is 1. The van der Waals surface area contributed by atoms with Crippen molar-refractivity contribution in [2.75, 3.05) is 0 Å². The minimum Gasteiger partial charge on any atom is -0.480 e. The van der Waals surface area contributed by atoms with Crippen molar-refractivity contribution in [2.45, 2.75) is 66.5 Å². The molecule has 0 saturated heterocycles. The van der Waals surface area contributed by atoms with E-state index in [9.17, 15) is 4.79 Å². The quantitative estimate of drug-likeness (QED) is 0.872. The summed E-state index contributed by atoms with van der Waals surface area (Å²) in [6, 6.07) is 9.12. The van der Waals surface area contributed by atoms with Gasteiger partial charge in [0.1, 0.15) is 6.04 Å². The SMILES string of the molecule is CC.CC.CC(C)(C)NC(Cc1ccccc1)C(=O)O. The first-order chi connectivity index (χ1) is 9.38. The molecule has 1 rings (SSSR count). The molecule has 1 aromatic carbocycles. The Balaban J connectivity index is 0. The highest BCUT2D eigenvalue weighted by Crippen LogP contribution is 2.08. The second kappa shape index (κ2) is 11.5. The predicted molar refractivity (Wildman–Crippen MR) is 87.2 cm³/mol. The Morgan fingerprint density at radius 3 is 1.90 bits per heavy atom. The van der Waals surface area contributed by atoms with Crippen LogP contribution in [-0.2, 0) is 11.2 Å². The molecule has 1 unspecified atom stereocenters. The van der Waals surface area contributed by atoms with Gasteiger partial charge in [-0.1, -0.05) is 58.0 Å². The fourth-order valence-corrected chi connectivity index (χ4v) is 1.57. The number of carboxylic acids is 1. The minimum absolute atomic E-state index is 0.197. The minimum atomic E-state index is -0.807. The second-order valence-corrected chi connectivity index (χ2v) is 4.97. The van der Waals surface area contributed by atoms with Crippen molar-refractivity contribution in [3.8, 4) is 0 Å². The maximum Gasteiger partial charge on any atom is 0.321 e. The molecule has 0 saturated carbocycles. The molecule has 0 amide bonds. The van der Waals surface area contributed by atoms with Crippen molar-refractivity contribution in [1.29, 1.82) is 0 Å². The highest BCUT2D eigenvalue weighted by molar-refractivity contribution is 5.74. The normalized spacial score (nSPS) is 11.3. The first-order valence-electron chi connectivity index (χ1n) is 7.43. The van der Waals surface area contributed by atoms with Crippen molar-refractivity contribution < 1.29 is 9.90 Å². The zero-order valence-corrected chi connectivity index (χ0v) is 14.0. The van der Waals surface area contributed by atoms with Crippen LogP contribution in [0.4, 0.5) is 0 Å². The first-order valence-corrected chi connectivity index (χ1v) is 7.43. The van der Waals surface area contributed by atoms with E-state index in [1.807, 2.05) is 78.8 Å². The van der Waals surface area contributed by atoms with E-state index in [0.717, 1.165) is 5.56 Å². The van der Waals surface area contributed by atoms with Crippen LogP contribution in [0.2, 0.25) is 0 Å². The summed E-state index contributed by atoms with van der Waals surface area (Å²) in [4.78, 5) is 11.1. The third-order valence-corrected chi connectivity index (χ3v) is 2.19. The highest BCUT2D eigenvalue weighted by Gasteiger charge is 2.23. The van der Waals surface area contributed by atoms with Crippen LogP contribution >= 0.6 is 0 Å². The van der Waals surface area contributed by atoms with Gasteiger partial charge in [-0.3, -0.25) is 10.1 Å². The van der Waals surface area contributed by atoms with E-state index in [-0.39, 0.29) is 5.54 Å². The Morgan fingerprint density at radius 1 is 1.10 bits per heavy atom. The summed E-state index contributed by atoms with van der Waals surface area (Å²) in [5.41, 5.74) is 0.837. The third-order valence-electron chi connectivity index (χ3n) is 2.19. The lowest BCUT2D eigenvalue weighted by Gasteiger charge is -2.26. The molecule has 0 heterocycles. The largest absolute Gasteiger partial charge is 0.480 e. The summed E-state index contributed by atoms with van der Waals surface area (Å²) < 4.78 is 0. The number of carboxylic acid groups (broad SMARTS) is 1. The standard InChI is InChI=1S/C13H19NO2.2C2H6/c1-13(2,3)14-11(12(15)16)9-10-7-5-4-6-8-10;2*1-2/h4-8,11,14H,9H2,1-3H3,(H,15,16);2*1-2H3. The monoisotopic (exact) mass is 281 g/mol. The van der Waals surface area contributed by atoms with Gasteiger partial charge in [0, 0.05) is 5.54 Å². The summed E-state index contributed by atoms with van der Waals surface area (Å²) in [5, 5.41) is 12.2. The molecular formula is C17H31NO2. The molecule has 3 nitrogen and oxygen atoms in total. The third kappa shape index (κ3) is 10.6. The van der Waals surface area contributed by atoms with E-state index in [1.54, 1.807) is 0 Å². The van der Waals surface area contributed by atoms with Gasteiger partial charge in [0.2, 0.25) is 0 Å². The fraction of sp³-hybridized carbons (Fsp3) is 0.588. The smallest absolute Gasteiger partial charge is 0.321 e. The summed E-state index contributed by atoms with van der Waals surface area (Å²) >= 11 is 0. The molecule has 0 aliphatic heterocycles. The van der Waals surface area contributed by atoms with Gasteiger partial charge in [-0.15, -0.1) is 0 Å². The zero-order chi connectivity index (χ0) is 16.2. The molecule has 116 valence electrons. The number of rotatable bonds is 4. The average molecular weight is 281 g/mol. The van der Waals surface area contributed by atoms with Gasteiger partial charge in [0.05, 0.1) is 0 Å². The van der Waals surface area contributed by atoms with Crippen LogP contribution in [0.15, 0.2) is 30.3 Å². The van der Waals surface area contributed by atoms with Crippen molar-refractivity contribution in [3.05, 3.63) is 35.9 Å². The fourth-order valence-electron chi connectivity index (χ4n) is 1.57. The van der Waals surface area contributed by atoms with Crippen molar-refractivity contribution >= 4 is 5.97 Å². The zero-order valence-electron chi connectivity index (χ0n) is 14.0. The molecule has 0 aliphatic rings. The van der Waals surface area contributed by atoms with Crippen LogP contribution in [0.25, 0.3) is 0 Å². The number of hydrogen-bond donors (Lipinski definition) is 2. The van der Waals surface area contributed by atoms with Gasteiger partial charge in [0.25, 0.3) is 0 Å². The van der Waals surface area contributed by atoms with E-state index in [2.05, 4.69) is 5.32 Å². The van der Waals surface area contributed by atoms with Crippen molar-refractivity contribution in [1.82, 2.24) is 5.32 Å². The molecule has 0 fully saturated rings. The van der Waals surface area contributed by atoms with Crippen LogP contribution < -0.4 is 5.32 Å². The topological polar surface area (TPSA) is 49.3 Å². The van der Waals surface area contributed by atoms with Gasteiger partial charge < -0.3 is 5.11 Å². The highest BCUT2D eigenvalue weighted by atomic mass is 16.4. The van der Waals surface area contributed by atoms with Gasteiger partial charge in [-0.2, -0.15) is 0 Å². The molecule has 0 bridgehead atoms. The van der Waals surface area contributed by atoms with Crippen molar-refractivity contribution in [2.24, 2.45) is 0 Å². The van der Waals surface area contributed by atoms with Crippen LogP contribution in [0.5, 0.6) is 0 Å². The molecule has 0 radical (unpaired) electrons. The molecule has 1 atom stereocenters. The summed E-state index contributed by atoms with van der Waals surface area (Å²) in [7, 11) is 0. The lowest BCUT2D eigenvalue weighted by atomic mass is 10.0. The molecule has 0 spiro atoms. The summed E-state index contributed by atoms with van der Waals surface area (Å²) in [6.45, 7) is 13.9. The lowest BCUT2D eigenvalue weighted by Crippen LogP contribution is -2.48. The lowest BCUT2D eigenvalue weighted by molar-refractivity contribution is -0.140. The Morgan fingerprint density at radius 2 is 1.55 bits per heavy atom. The Labute approximate surface area is 124 Å². The molecule has 20 heavy (non-hydrogen) atoms. The van der Waals surface area contributed by atoms with Crippen molar-refractivity contribution in [3.63, 3.8) is 0 Å². The summed E-state index contributed by atoms with van der Waals surface area (Å²) in [5.74, 6) is -0.807. The van der Waals surface area contributed by atoms with E-state index < -0.39 is 12.0 Å². The molecular weight excluding hydrogens is 250 g/mol. The Kier molecular flexibility index (Phi) is 12.0. The predicted octanol–water partition coefficient (Wildman–Crippen LogP) is 4.12. The van der Waals surface area contributed by atoms with E-state index >= 15 is 0 Å². The van der Waals surface area contributed by atoms with Gasteiger partial charge >= 0.3 is 5.97 Å². The van der Waals surface area contributed by atoms with Crippen LogP contribution in [0.3, 0.4) is 0 Å². The number of hydrogen-bond acceptors (Lipinski definition) is 2.